The number of carbonyl (C=O) groups excluding carboxylic acids is 1. The Kier molecular flexibility index (Phi) is 16.7. The Morgan fingerprint density at radius 1 is 1.26 bits per heavy atom. The summed E-state index contributed by atoms with van der Waals surface area (Å²) in [6, 6.07) is 0. The maximum absolute atomic E-state index is 10.7. The summed E-state index contributed by atoms with van der Waals surface area (Å²) in [7, 11) is 0. The minimum Gasteiger partial charge on any atom is -0.402 e. The molecule has 0 spiro atoms. The number of aliphatic hydroxyl groups is 1. The minimum atomic E-state index is -0.500. The van der Waals surface area contributed by atoms with Crippen molar-refractivity contribution in [1.82, 2.24) is 0 Å². The number of ketones is 1. The summed E-state index contributed by atoms with van der Waals surface area (Å²) in [5.41, 5.74) is 5.70. The van der Waals surface area contributed by atoms with Gasteiger partial charge < -0.3 is 10.8 Å². The van der Waals surface area contributed by atoms with Gasteiger partial charge in [0, 0.05) is 12.1 Å². The summed E-state index contributed by atoms with van der Waals surface area (Å²) >= 11 is 0. The van der Waals surface area contributed by atoms with Crippen molar-refractivity contribution in [3.63, 3.8) is 0 Å². The van der Waals surface area contributed by atoms with Gasteiger partial charge >= 0.3 is 0 Å². The quantitative estimate of drug-likeness (QED) is 0.743. The van der Waals surface area contributed by atoms with Gasteiger partial charge in [-0.05, 0) is 32.3 Å². The molecule has 0 bridgehead atoms. The average molecular weight is 273 g/mol. The fourth-order valence-electron chi connectivity index (χ4n) is 0.670. The van der Waals surface area contributed by atoms with Crippen LogP contribution in [-0.2, 0) is 4.79 Å². The Bertz CT molecular complexity index is 238. The molecule has 0 amide bonds. The highest BCUT2D eigenvalue weighted by Gasteiger charge is 2.16. The summed E-state index contributed by atoms with van der Waals surface area (Å²) < 4.78 is 0. The molecular formula is C16H35NO2. The average Bonchev–Trinajstić information content (AvgIpc) is 2.31. The molecule has 0 aliphatic heterocycles. The molecule has 0 saturated carbocycles. The zero-order chi connectivity index (χ0) is 16.1. The van der Waals surface area contributed by atoms with E-state index >= 15 is 0 Å². The van der Waals surface area contributed by atoms with E-state index in [1.807, 2.05) is 55.4 Å². The van der Waals surface area contributed by atoms with Crippen LogP contribution in [0.2, 0.25) is 0 Å². The van der Waals surface area contributed by atoms with Gasteiger partial charge in [-0.25, -0.2) is 0 Å². The van der Waals surface area contributed by atoms with Gasteiger partial charge in [-0.1, -0.05) is 48.0 Å². The number of allylic oxidation sites excluding steroid dienone is 2. The van der Waals surface area contributed by atoms with Crippen LogP contribution >= 0.6 is 0 Å². The maximum atomic E-state index is 10.7. The summed E-state index contributed by atoms with van der Waals surface area (Å²) in [4.78, 5) is 10.7. The lowest BCUT2D eigenvalue weighted by atomic mass is 9.95. The van der Waals surface area contributed by atoms with E-state index in [1.54, 1.807) is 0 Å². The molecule has 0 saturated heterocycles. The molecule has 3 heteroatoms. The van der Waals surface area contributed by atoms with Gasteiger partial charge in [0.1, 0.15) is 0 Å². The predicted molar refractivity (Wildman–Crippen MR) is 85.0 cm³/mol. The molecular weight excluding hydrogens is 238 g/mol. The smallest absolute Gasteiger partial charge is 0.157 e. The maximum Gasteiger partial charge on any atom is 0.157 e. The van der Waals surface area contributed by atoms with E-state index in [4.69, 9.17) is 10.8 Å². The molecule has 0 aliphatic rings. The van der Waals surface area contributed by atoms with Crippen molar-refractivity contribution in [2.75, 3.05) is 0 Å². The Morgan fingerprint density at radius 2 is 1.63 bits per heavy atom. The molecule has 0 aliphatic carbocycles. The van der Waals surface area contributed by atoms with E-state index in [2.05, 4.69) is 0 Å². The highest BCUT2D eigenvalue weighted by molar-refractivity contribution is 5.89. The minimum absolute atomic E-state index is 0.117. The summed E-state index contributed by atoms with van der Waals surface area (Å²) in [5.74, 6) is 0.471. The van der Waals surface area contributed by atoms with Crippen molar-refractivity contribution >= 4 is 5.78 Å². The topological polar surface area (TPSA) is 63.3 Å². The largest absolute Gasteiger partial charge is 0.402 e. The summed E-state index contributed by atoms with van der Waals surface area (Å²) in [6.45, 7) is 15.5. The lowest BCUT2D eigenvalue weighted by Crippen LogP contribution is -2.25. The van der Waals surface area contributed by atoms with Crippen molar-refractivity contribution in [3.8, 4) is 0 Å². The number of carbonyl (C=O) groups is 1. The van der Waals surface area contributed by atoms with Crippen molar-refractivity contribution < 1.29 is 9.90 Å². The Labute approximate surface area is 120 Å². The highest BCUT2D eigenvalue weighted by atomic mass is 16.3. The first-order valence-corrected chi connectivity index (χ1v) is 7.36. The van der Waals surface area contributed by atoms with E-state index in [0.717, 1.165) is 12.8 Å². The van der Waals surface area contributed by atoms with E-state index in [0.29, 0.717) is 18.0 Å². The molecule has 0 fully saturated rings. The third kappa shape index (κ3) is 19.7. The van der Waals surface area contributed by atoms with Crippen LogP contribution in [0.1, 0.15) is 74.7 Å². The summed E-state index contributed by atoms with van der Waals surface area (Å²) in [6.07, 6.45) is 3.90. The summed E-state index contributed by atoms with van der Waals surface area (Å²) in [5, 5.41) is 9.09. The number of rotatable bonds is 5. The molecule has 0 aromatic carbocycles. The Morgan fingerprint density at radius 3 is 1.84 bits per heavy atom. The van der Waals surface area contributed by atoms with E-state index in [-0.39, 0.29) is 5.78 Å². The van der Waals surface area contributed by atoms with Crippen LogP contribution in [0, 0.1) is 5.92 Å². The number of nitrogens with two attached hydrogens (primary N) is 1. The van der Waals surface area contributed by atoms with Crippen LogP contribution in [0.5, 0.6) is 0 Å². The molecule has 0 heterocycles. The zero-order valence-corrected chi connectivity index (χ0v) is 14.2. The second kappa shape index (κ2) is 13.6. The lowest BCUT2D eigenvalue weighted by molar-refractivity contribution is -0.114. The fraction of sp³-hybridized carbons (Fsp3) is 0.812. The first-order valence-electron chi connectivity index (χ1n) is 7.36. The van der Waals surface area contributed by atoms with Crippen LogP contribution in [0.25, 0.3) is 0 Å². The van der Waals surface area contributed by atoms with Crippen LogP contribution in [0.3, 0.4) is 0 Å². The van der Waals surface area contributed by atoms with Crippen molar-refractivity contribution in [3.05, 3.63) is 11.8 Å². The first-order chi connectivity index (χ1) is 8.65. The van der Waals surface area contributed by atoms with E-state index < -0.39 is 5.60 Å². The third-order valence-corrected chi connectivity index (χ3v) is 2.65. The van der Waals surface area contributed by atoms with Gasteiger partial charge in [-0.15, -0.1) is 0 Å². The van der Waals surface area contributed by atoms with E-state index in [1.165, 1.54) is 6.08 Å². The van der Waals surface area contributed by atoms with Gasteiger partial charge in [0.05, 0.1) is 5.60 Å². The normalized spacial score (nSPS) is 11.2. The van der Waals surface area contributed by atoms with Crippen LogP contribution in [-0.4, -0.2) is 16.5 Å². The molecule has 0 aromatic heterocycles. The fourth-order valence-corrected chi connectivity index (χ4v) is 0.670. The molecule has 0 unspecified atom stereocenters. The molecule has 19 heavy (non-hydrogen) atoms. The molecule has 116 valence electrons. The second-order valence-electron chi connectivity index (χ2n) is 5.10. The monoisotopic (exact) mass is 273 g/mol. The second-order valence-corrected chi connectivity index (χ2v) is 5.10. The molecule has 0 radical (unpaired) electrons. The number of hydrogen-bond acceptors (Lipinski definition) is 3. The lowest BCUT2D eigenvalue weighted by Gasteiger charge is -2.21. The molecule has 3 nitrogen and oxygen atoms in total. The number of hydrogen-bond donors (Lipinski definition) is 2. The van der Waals surface area contributed by atoms with Gasteiger partial charge in [0.15, 0.2) is 5.78 Å². The third-order valence-electron chi connectivity index (χ3n) is 2.65. The molecule has 0 aromatic rings. The van der Waals surface area contributed by atoms with Crippen molar-refractivity contribution in [2.45, 2.75) is 80.3 Å². The van der Waals surface area contributed by atoms with Crippen LogP contribution in [0.15, 0.2) is 11.8 Å². The van der Waals surface area contributed by atoms with Crippen LogP contribution in [0.4, 0.5) is 0 Å². The predicted octanol–water partition coefficient (Wildman–Crippen LogP) is 4.05. The zero-order valence-electron chi connectivity index (χ0n) is 14.2. The van der Waals surface area contributed by atoms with Gasteiger partial charge in [-0.2, -0.15) is 0 Å². The Hall–Kier alpha value is -0.830. The van der Waals surface area contributed by atoms with Gasteiger partial charge in [0.2, 0.25) is 0 Å². The van der Waals surface area contributed by atoms with Crippen LogP contribution < -0.4 is 5.73 Å². The van der Waals surface area contributed by atoms with Crippen molar-refractivity contribution in [1.29, 1.82) is 0 Å². The van der Waals surface area contributed by atoms with Gasteiger partial charge in [-0.3, -0.25) is 4.79 Å². The van der Waals surface area contributed by atoms with Gasteiger partial charge in [0.25, 0.3) is 0 Å². The molecule has 3 N–H and O–H groups in total. The first kappa shape index (κ1) is 23.3. The Balaban J connectivity index is -0.000000249. The molecule has 0 rings (SSSR count). The SMILES string of the molecule is CC.CC(C)C(C)(C)O.CCC/C(N)=C\C(=O)CC. The van der Waals surface area contributed by atoms with Crippen molar-refractivity contribution in [2.24, 2.45) is 11.7 Å². The standard InChI is InChI=1S/C8H15NO.C6H14O.C2H6/c1-3-5-7(9)6-8(10)4-2;1-5(2)6(3,4)7;1-2/h6H,3-5,9H2,1-2H3;5,7H,1-4H3;1-2H3/b7-6+;;. The highest BCUT2D eigenvalue weighted by Crippen LogP contribution is 2.13. The molecule has 0 atom stereocenters. The van der Waals surface area contributed by atoms with E-state index in [9.17, 15) is 4.79 Å².